The Morgan fingerprint density at radius 1 is 1.11 bits per heavy atom. The Balaban J connectivity index is 1.62. The van der Waals surface area contributed by atoms with Crippen molar-refractivity contribution in [2.75, 3.05) is 0 Å². The molecule has 0 spiro atoms. The van der Waals surface area contributed by atoms with Crippen LogP contribution >= 0.6 is 11.8 Å². The topological polar surface area (TPSA) is 76.5 Å². The predicted octanol–water partition coefficient (Wildman–Crippen LogP) is 4.12. The van der Waals surface area contributed by atoms with E-state index in [4.69, 9.17) is 0 Å². The van der Waals surface area contributed by atoms with Crippen molar-refractivity contribution in [1.29, 1.82) is 0 Å². The molecule has 0 aliphatic heterocycles. The highest BCUT2D eigenvalue weighted by Crippen LogP contribution is 2.29. The first kappa shape index (κ1) is 17.5. The van der Waals surface area contributed by atoms with Crippen LogP contribution in [0.15, 0.2) is 53.7 Å². The number of thioether (sulfide) groups is 1. The summed E-state index contributed by atoms with van der Waals surface area (Å²) in [6, 6.07) is 15.8. The fraction of sp³-hybridized carbons (Fsp3) is 0.200. The molecule has 4 rings (SSSR count). The minimum absolute atomic E-state index is 0.0633. The van der Waals surface area contributed by atoms with Gasteiger partial charge in [0.1, 0.15) is 0 Å². The van der Waals surface area contributed by atoms with Gasteiger partial charge in [-0.25, -0.2) is 0 Å². The molecule has 0 fully saturated rings. The first-order valence-corrected chi connectivity index (χ1v) is 9.56. The van der Waals surface area contributed by atoms with E-state index in [1.54, 1.807) is 4.68 Å². The van der Waals surface area contributed by atoms with Crippen LogP contribution in [-0.4, -0.2) is 36.2 Å². The van der Waals surface area contributed by atoms with E-state index in [1.165, 1.54) is 17.3 Å². The zero-order valence-corrected chi connectivity index (χ0v) is 16.1. The second-order valence-electron chi connectivity index (χ2n) is 6.50. The molecule has 0 saturated heterocycles. The average Bonchev–Trinajstić information content (AvgIpc) is 3.25. The summed E-state index contributed by atoms with van der Waals surface area (Å²) in [7, 11) is 0. The third-order valence-corrected chi connectivity index (χ3v) is 5.54. The van der Waals surface area contributed by atoms with Crippen molar-refractivity contribution in [2.24, 2.45) is 0 Å². The second kappa shape index (κ2) is 7.00. The quantitative estimate of drug-likeness (QED) is 0.418. The number of aryl methyl sites for hydroxylation is 2. The Labute approximate surface area is 161 Å². The van der Waals surface area contributed by atoms with Crippen LogP contribution in [0.5, 0.6) is 0 Å². The lowest BCUT2D eigenvalue weighted by Crippen LogP contribution is -2.15. The molecule has 1 atom stereocenters. The molecule has 0 radical (unpaired) electrons. The summed E-state index contributed by atoms with van der Waals surface area (Å²) < 4.78 is 1.66. The number of aromatic amines is 1. The van der Waals surface area contributed by atoms with Gasteiger partial charge < -0.3 is 4.98 Å². The third-order valence-electron chi connectivity index (χ3n) is 4.51. The number of aromatic nitrogens is 5. The number of carbonyl (C=O) groups excluding carboxylic acids is 1. The molecule has 6 nitrogen and oxygen atoms in total. The zero-order chi connectivity index (χ0) is 19.0. The largest absolute Gasteiger partial charge is 0.358 e. The van der Waals surface area contributed by atoms with Gasteiger partial charge in [0.15, 0.2) is 5.78 Å². The monoisotopic (exact) mass is 377 g/mol. The van der Waals surface area contributed by atoms with Crippen LogP contribution in [-0.2, 0) is 0 Å². The first-order chi connectivity index (χ1) is 13.0. The van der Waals surface area contributed by atoms with Gasteiger partial charge in [-0.2, -0.15) is 4.68 Å². The molecule has 0 bridgehead atoms. The molecule has 1 unspecified atom stereocenters. The van der Waals surface area contributed by atoms with Crippen molar-refractivity contribution in [3.63, 3.8) is 0 Å². The fourth-order valence-electron chi connectivity index (χ4n) is 3.11. The summed E-state index contributed by atoms with van der Waals surface area (Å²) >= 11 is 1.36. The highest BCUT2D eigenvalue weighted by atomic mass is 32.2. The lowest BCUT2D eigenvalue weighted by Gasteiger charge is -2.10. The number of nitrogens with zero attached hydrogens (tertiary/aromatic N) is 4. The number of nitrogens with one attached hydrogen (secondary N) is 1. The van der Waals surface area contributed by atoms with Gasteiger partial charge in [-0.05, 0) is 49.4 Å². The minimum Gasteiger partial charge on any atom is -0.358 e. The van der Waals surface area contributed by atoms with E-state index in [0.29, 0.717) is 5.16 Å². The molecular weight excluding hydrogens is 358 g/mol. The Kier molecular flexibility index (Phi) is 4.53. The van der Waals surface area contributed by atoms with Crippen LogP contribution in [0.4, 0.5) is 0 Å². The SMILES string of the molecule is Cc1ccc(-n2nnnc2SC(C)C(=O)c2c(C)[nH]c3ccccc23)cc1. The number of para-hydroxylation sites is 1. The second-order valence-corrected chi connectivity index (χ2v) is 7.81. The molecule has 2 aromatic carbocycles. The van der Waals surface area contributed by atoms with Crippen LogP contribution in [0.25, 0.3) is 16.6 Å². The van der Waals surface area contributed by atoms with Gasteiger partial charge in [0, 0.05) is 22.2 Å². The van der Waals surface area contributed by atoms with Crippen molar-refractivity contribution in [2.45, 2.75) is 31.2 Å². The highest BCUT2D eigenvalue weighted by molar-refractivity contribution is 8.00. The van der Waals surface area contributed by atoms with Gasteiger partial charge in [0.2, 0.25) is 5.16 Å². The smallest absolute Gasteiger partial charge is 0.214 e. The van der Waals surface area contributed by atoms with E-state index in [9.17, 15) is 4.79 Å². The number of Topliss-reactive ketones (excluding diaryl/α,β-unsaturated/α-hetero) is 1. The van der Waals surface area contributed by atoms with Crippen molar-refractivity contribution in [1.82, 2.24) is 25.2 Å². The van der Waals surface area contributed by atoms with Gasteiger partial charge in [-0.1, -0.05) is 47.7 Å². The normalized spacial score (nSPS) is 12.4. The van der Waals surface area contributed by atoms with E-state index in [0.717, 1.165) is 27.8 Å². The maximum atomic E-state index is 13.1. The van der Waals surface area contributed by atoms with Crippen LogP contribution < -0.4 is 0 Å². The van der Waals surface area contributed by atoms with Gasteiger partial charge >= 0.3 is 0 Å². The maximum absolute atomic E-state index is 13.1. The van der Waals surface area contributed by atoms with Gasteiger partial charge in [-0.3, -0.25) is 4.79 Å². The predicted molar refractivity (Wildman–Crippen MR) is 107 cm³/mol. The lowest BCUT2D eigenvalue weighted by molar-refractivity contribution is 0.0995. The molecule has 1 N–H and O–H groups in total. The van der Waals surface area contributed by atoms with Crippen molar-refractivity contribution in [3.8, 4) is 5.69 Å². The molecule has 0 aliphatic carbocycles. The number of tetrazole rings is 1. The van der Waals surface area contributed by atoms with Gasteiger partial charge in [-0.15, -0.1) is 5.10 Å². The summed E-state index contributed by atoms with van der Waals surface area (Å²) in [5.74, 6) is 0.0633. The number of hydrogen-bond acceptors (Lipinski definition) is 5. The van der Waals surface area contributed by atoms with Crippen LogP contribution in [0.3, 0.4) is 0 Å². The van der Waals surface area contributed by atoms with E-state index in [-0.39, 0.29) is 11.0 Å². The lowest BCUT2D eigenvalue weighted by atomic mass is 10.1. The number of H-pyrrole nitrogens is 1. The molecule has 136 valence electrons. The first-order valence-electron chi connectivity index (χ1n) is 8.68. The fourth-order valence-corrected chi connectivity index (χ4v) is 3.98. The molecule has 0 amide bonds. The standard InChI is InChI=1S/C20H19N5OS/c1-12-8-10-15(11-9-12)25-20(22-23-24-25)27-14(3)19(26)18-13(2)21-17-7-5-4-6-16(17)18/h4-11,14,21H,1-3H3. The summed E-state index contributed by atoms with van der Waals surface area (Å²) in [6.07, 6.45) is 0. The number of fused-ring (bicyclic) bond motifs is 1. The molecule has 7 heteroatoms. The summed E-state index contributed by atoms with van der Waals surface area (Å²) in [4.78, 5) is 16.4. The zero-order valence-electron chi connectivity index (χ0n) is 15.3. The molecule has 0 saturated carbocycles. The Morgan fingerprint density at radius 2 is 1.85 bits per heavy atom. The summed E-state index contributed by atoms with van der Waals surface area (Å²) in [6.45, 7) is 5.85. The molecular formula is C20H19N5OS. The Bertz CT molecular complexity index is 1110. The van der Waals surface area contributed by atoms with E-state index >= 15 is 0 Å². The number of carbonyl (C=O) groups is 1. The van der Waals surface area contributed by atoms with Gasteiger partial charge in [0.05, 0.1) is 10.9 Å². The molecule has 2 heterocycles. The Hall–Kier alpha value is -2.93. The minimum atomic E-state index is -0.321. The molecule has 4 aromatic rings. The number of rotatable bonds is 5. The number of benzene rings is 2. The number of hydrogen-bond donors (Lipinski definition) is 1. The molecule has 0 aliphatic rings. The van der Waals surface area contributed by atoms with Crippen LogP contribution in [0.1, 0.15) is 28.5 Å². The van der Waals surface area contributed by atoms with Crippen molar-refractivity contribution >= 4 is 28.4 Å². The maximum Gasteiger partial charge on any atom is 0.214 e. The van der Waals surface area contributed by atoms with E-state index in [1.807, 2.05) is 69.3 Å². The average molecular weight is 377 g/mol. The summed E-state index contributed by atoms with van der Waals surface area (Å²) in [5, 5.41) is 13.2. The Morgan fingerprint density at radius 3 is 2.63 bits per heavy atom. The number of ketones is 1. The highest BCUT2D eigenvalue weighted by Gasteiger charge is 2.24. The third kappa shape index (κ3) is 3.26. The molecule has 27 heavy (non-hydrogen) atoms. The summed E-state index contributed by atoms with van der Waals surface area (Å²) in [5.41, 5.74) is 4.63. The van der Waals surface area contributed by atoms with Crippen LogP contribution in [0.2, 0.25) is 0 Å². The van der Waals surface area contributed by atoms with E-state index < -0.39 is 0 Å². The van der Waals surface area contributed by atoms with Gasteiger partial charge in [0.25, 0.3) is 0 Å². The van der Waals surface area contributed by atoms with E-state index in [2.05, 4.69) is 20.5 Å². The van der Waals surface area contributed by atoms with Crippen molar-refractivity contribution in [3.05, 3.63) is 65.4 Å². The van der Waals surface area contributed by atoms with Crippen LogP contribution in [0, 0.1) is 13.8 Å². The molecule has 2 aromatic heterocycles. The van der Waals surface area contributed by atoms with Crippen molar-refractivity contribution < 1.29 is 4.79 Å².